The lowest BCUT2D eigenvalue weighted by Crippen LogP contribution is -2.69. The third-order valence-electron chi connectivity index (χ3n) is 9.22. The topological polar surface area (TPSA) is 52.6 Å². The molecular formula is C24H26Cl3F3O4. The van der Waals surface area contributed by atoms with Crippen molar-refractivity contribution >= 4 is 46.4 Å². The summed E-state index contributed by atoms with van der Waals surface area (Å²) in [5, 5.41) is -0.900. The number of hydrogen-bond acceptors (Lipinski definition) is 4. The Kier molecular flexibility index (Phi) is 5.34. The molecule has 1 heterocycles. The van der Waals surface area contributed by atoms with Gasteiger partial charge in [-0.3, -0.25) is 9.59 Å². The summed E-state index contributed by atoms with van der Waals surface area (Å²) in [6.45, 7) is 6.64. The Hall–Kier alpha value is -0.600. The first-order chi connectivity index (χ1) is 15.6. The fraction of sp³-hybridized carbons (Fsp3) is 0.750. The van der Waals surface area contributed by atoms with Crippen molar-refractivity contribution in [1.29, 1.82) is 0 Å². The molecule has 0 spiro atoms. The molecule has 188 valence electrons. The predicted molar refractivity (Wildman–Crippen MR) is 121 cm³/mol. The molecular weight excluding hydrogens is 516 g/mol. The first kappa shape index (κ1) is 25.1. The molecule has 34 heavy (non-hydrogen) atoms. The molecule has 0 aromatic carbocycles. The van der Waals surface area contributed by atoms with E-state index in [9.17, 15) is 18.4 Å². The number of hydrogen-bond donors (Lipinski definition) is 0. The second kappa shape index (κ2) is 7.25. The highest BCUT2D eigenvalue weighted by Crippen LogP contribution is 2.74. The van der Waals surface area contributed by atoms with Gasteiger partial charge in [-0.2, -0.15) is 0 Å². The van der Waals surface area contributed by atoms with Crippen molar-refractivity contribution in [3.63, 3.8) is 0 Å². The summed E-state index contributed by atoms with van der Waals surface area (Å²) in [6, 6.07) is 0. The minimum atomic E-state index is -2.33. The van der Waals surface area contributed by atoms with Gasteiger partial charge in [-0.25, -0.2) is 13.2 Å². The summed E-state index contributed by atoms with van der Waals surface area (Å²) >= 11 is 20.0. The van der Waals surface area contributed by atoms with Crippen molar-refractivity contribution in [2.75, 3.05) is 0 Å². The van der Waals surface area contributed by atoms with Crippen LogP contribution in [0.5, 0.6) is 0 Å². The Morgan fingerprint density at radius 2 is 1.85 bits per heavy atom. The zero-order chi connectivity index (χ0) is 25.2. The van der Waals surface area contributed by atoms with Crippen LogP contribution in [-0.2, 0) is 19.1 Å². The van der Waals surface area contributed by atoms with Gasteiger partial charge in [-0.15, -0.1) is 23.2 Å². The van der Waals surface area contributed by atoms with Crippen LogP contribution >= 0.6 is 34.8 Å². The molecule has 0 aromatic rings. The normalized spacial score (nSPS) is 52.1. The first-order valence-electron chi connectivity index (χ1n) is 11.4. The highest BCUT2D eigenvalue weighted by molar-refractivity contribution is 6.34. The maximum absolute atomic E-state index is 15.6. The second-order valence-electron chi connectivity index (χ2n) is 11.1. The molecule has 1 saturated heterocycles. The smallest absolute Gasteiger partial charge is 0.234 e. The quantitative estimate of drug-likeness (QED) is 0.420. The number of ether oxygens (including phenoxy) is 2. The highest BCUT2D eigenvalue weighted by Gasteiger charge is 2.80. The summed E-state index contributed by atoms with van der Waals surface area (Å²) in [6.07, 6.45) is 0.0219. The zero-order valence-electron chi connectivity index (χ0n) is 19.1. The number of halogens is 6. The van der Waals surface area contributed by atoms with Crippen LogP contribution in [0.3, 0.4) is 0 Å². The Labute approximate surface area is 211 Å². The van der Waals surface area contributed by atoms with E-state index in [-0.39, 0.29) is 24.8 Å². The van der Waals surface area contributed by atoms with E-state index in [1.54, 1.807) is 27.7 Å². The van der Waals surface area contributed by atoms with Crippen molar-refractivity contribution in [1.82, 2.24) is 0 Å². The second-order valence-corrected chi connectivity index (χ2v) is 12.7. The third kappa shape index (κ3) is 2.71. The average Bonchev–Trinajstić information content (AvgIpc) is 3.13. The minimum Gasteiger partial charge on any atom is -0.344 e. The predicted octanol–water partition coefficient (Wildman–Crippen LogP) is 5.72. The van der Waals surface area contributed by atoms with Crippen molar-refractivity contribution in [2.45, 2.75) is 86.5 Å². The minimum absolute atomic E-state index is 0.0910. The van der Waals surface area contributed by atoms with E-state index >= 15 is 4.39 Å². The summed E-state index contributed by atoms with van der Waals surface area (Å²) < 4.78 is 57.2. The van der Waals surface area contributed by atoms with E-state index in [1.165, 1.54) is 6.08 Å². The van der Waals surface area contributed by atoms with Gasteiger partial charge < -0.3 is 9.47 Å². The first-order valence-corrected chi connectivity index (χ1v) is 12.6. The Bertz CT molecular complexity index is 1050. The maximum atomic E-state index is 15.6. The number of alkyl halides is 5. The van der Waals surface area contributed by atoms with E-state index in [2.05, 4.69) is 0 Å². The van der Waals surface area contributed by atoms with Gasteiger partial charge in [-0.05, 0) is 51.0 Å². The molecule has 5 rings (SSSR count). The molecule has 1 aliphatic heterocycles. The molecule has 4 fully saturated rings. The molecule has 1 unspecified atom stereocenters. The van der Waals surface area contributed by atoms with Crippen LogP contribution in [0.4, 0.5) is 13.2 Å². The number of carbonyl (C=O) groups is 2. The number of carbonyl (C=O) groups excluding carboxylic acids is 2. The molecule has 10 atom stereocenters. The fourth-order valence-electron chi connectivity index (χ4n) is 7.93. The molecule has 5 aliphatic rings. The van der Waals surface area contributed by atoms with Crippen molar-refractivity contribution in [3.05, 3.63) is 23.6 Å². The summed E-state index contributed by atoms with van der Waals surface area (Å²) in [5.74, 6) is -5.28. The molecule has 0 N–H and O–H groups in total. The monoisotopic (exact) mass is 540 g/mol. The zero-order valence-corrected chi connectivity index (χ0v) is 21.4. The number of allylic oxidation sites excluding steroid dienone is 4. The van der Waals surface area contributed by atoms with Gasteiger partial charge in [0.1, 0.15) is 6.17 Å². The molecule has 0 amide bonds. The number of Topliss-reactive ketones (excluding diaryl/α,β-unsaturated/α-hetero) is 1. The van der Waals surface area contributed by atoms with Gasteiger partial charge in [0.2, 0.25) is 17.2 Å². The molecule has 0 aromatic heterocycles. The summed E-state index contributed by atoms with van der Waals surface area (Å²) in [7, 11) is 0. The molecule has 4 aliphatic carbocycles. The van der Waals surface area contributed by atoms with Gasteiger partial charge >= 0.3 is 0 Å². The van der Waals surface area contributed by atoms with Gasteiger partial charge in [0.25, 0.3) is 0 Å². The molecule has 0 radical (unpaired) electrons. The van der Waals surface area contributed by atoms with E-state index in [0.29, 0.717) is 0 Å². The van der Waals surface area contributed by atoms with Crippen LogP contribution in [-0.4, -0.2) is 51.1 Å². The van der Waals surface area contributed by atoms with Gasteiger partial charge in [-0.1, -0.05) is 31.5 Å². The van der Waals surface area contributed by atoms with Gasteiger partial charge in [0.05, 0.1) is 16.4 Å². The summed E-state index contributed by atoms with van der Waals surface area (Å²) in [5.41, 5.74) is -6.82. The average molecular weight is 542 g/mol. The van der Waals surface area contributed by atoms with Gasteiger partial charge in [0.15, 0.2) is 17.2 Å². The lowest BCUT2D eigenvalue weighted by molar-refractivity contribution is -0.213. The Morgan fingerprint density at radius 3 is 2.47 bits per heavy atom. The van der Waals surface area contributed by atoms with Crippen LogP contribution in [0.2, 0.25) is 0 Å². The molecule has 3 saturated carbocycles. The van der Waals surface area contributed by atoms with Crippen LogP contribution in [0.15, 0.2) is 23.6 Å². The largest absolute Gasteiger partial charge is 0.344 e. The van der Waals surface area contributed by atoms with Crippen LogP contribution < -0.4 is 0 Å². The Morgan fingerprint density at radius 1 is 1.21 bits per heavy atom. The van der Waals surface area contributed by atoms with E-state index < -0.39 is 79.6 Å². The number of ketones is 2. The van der Waals surface area contributed by atoms with Crippen LogP contribution in [0.1, 0.15) is 47.0 Å². The molecule has 10 heteroatoms. The van der Waals surface area contributed by atoms with E-state index in [0.717, 1.165) is 6.08 Å². The maximum Gasteiger partial charge on any atom is 0.234 e. The SMILES string of the molecule is CC1(C)O[C@@H]2C[C@H]3[C@@H]4C[C@H](F)C5=C(F)C(=O)C=C[C@]5(C)[C@@]4(Cl)[C@@H](Cl)C[C@]3(C)[C@]2(C(=O)C(F)Cl)O1. The van der Waals surface area contributed by atoms with Crippen LogP contribution in [0, 0.1) is 22.7 Å². The number of fused-ring (bicyclic) bond motifs is 7. The van der Waals surface area contributed by atoms with Crippen LogP contribution in [0.25, 0.3) is 0 Å². The van der Waals surface area contributed by atoms with E-state index in [1.807, 2.05) is 0 Å². The van der Waals surface area contributed by atoms with Gasteiger partial charge in [0, 0.05) is 16.4 Å². The fourth-order valence-corrected chi connectivity index (χ4v) is 9.28. The highest BCUT2D eigenvalue weighted by atomic mass is 35.5. The Balaban J connectivity index is 1.68. The van der Waals surface area contributed by atoms with Crippen molar-refractivity contribution in [2.24, 2.45) is 22.7 Å². The standard InChI is InChI=1S/C24H26Cl3F3O4/c1-20(2)33-15-8-10-11-7-12(28)16-17(29)13(31)5-6-21(16,3)23(11,27)14(25)9-22(10,4)24(15,34-20)18(32)19(26)30/h5-6,10-12,14-15,19H,7-9H2,1-4H3/t10-,11-,12-,14-,15+,19?,21-,22-,23-,24-/m0/s1. The number of rotatable bonds is 2. The molecule has 0 bridgehead atoms. The lowest BCUT2D eigenvalue weighted by Gasteiger charge is -2.64. The van der Waals surface area contributed by atoms with Crippen molar-refractivity contribution in [3.8, 4) is 0 Å². The van der Waals surface area contributed by atoms with E-state index in [4.69, 9.17) is 44.3 Å². The molecule has 4 nitrogen and oxygen atoms in total. The summed E-state index contributed by atoms with van der Waals surface area (Å²) in [4.78, 5) is 23.9. The third-order valence-corrected chi connectivity index (χ3v) is 11.0. The lowest BCUT2D eigenvalue weighted by atomic mass is 9.46. The van der Waals surface area contributed by atoms with Crippen molar-refractivity contribution < 1.29 is 32.2 Å².